The number of aliphatic imine (C=N–C) groups is 1. The minimum atomic E-state index is -0.503. The van der Waals surface area contributed by atoms with Gasteiger partial charge in [-0.05, 0) is 25.1 Å². The van der Waals surface area contributed by atoms with Crippen molar-refractivity contribution in [2.45, 2.75) is 20.0 Å². The van der Waals surface area contributed by atoms with Gasteiger partial charge in [0.25, 0.3) is 0 Å². The minimum absolute atomic E-state index is 0. The maximum atomic E-state index is 13.8. The maximum absolute atomic E-state index is 13.8. The monoisotopic (exact) mass is 521 g/mol. The molecule has 6 nitrogen and oxygen atoms in total. The Balaban J connectivity index is 0.00000420. The summed E-state index contributed by atoms with van der Waals surface area (Å²) in [5.74, 6) is 1.24. The van der Waals surface area contributed by atoms with Crippen LogP contribution >= 0.6 is 24.0 Å². The molecule has 0 amide bonds. The first-order chi connectivity index (χ1) is 13.5. The lowest BCUT2D eigenvalue weighted by molar-refractivity contribution is 0.368. The van der Waals surface area contributed by atoms with Crippen LogP contribution in [0.2, 0.25) is 0 Å². The Morgan fingerprint density at radius 2 is 1.62 bits per heavy atom. The number of nitrogens with one attached hydrogen (secondary N) is 2. The first kappa shape index (κ1) is 24.7. The molecule has 0 heterocycles. The molecular weight excluding hydrogens is 495 g/mol. The summed E-state index contributed by atoms with van der Waals surface area (Å²) >= 11 is 0. The number of ether oxygens (including phenoxy) is 3. The van der Waals surface area contributed by atoms with Crippen LogP contribution in [-0.2, 0) is 13.1 Å². The number of hydrogen-bond acceptors (Lipinski definition) is 4. The van der Waals surface area contributed by atoms with Gasteiger partial charge in [0.05, 0.1) is 40.0 Å². The molecule has 0 saturated heterocycles. The van der Waals surface area contributed by atoms with Crippen molar-refractivity contribution in [1.29, 1.82) is 0 Å². The largest absolute Gasteiger partial charge is 0.496 e. The third kappa shape index (κ3) is 6.91. The van der Waals surface area contributed by atoms with E-state index in [2.05, 4.69) is 15.6 Å². The van der Waals surface area contributed by atoms with E-state index in [4.69, 9.17) is 14.2 Å². The second-order valence-corrected chi connectivity index (χ2v) is 5.79. The summed E-state index contributed by atoms with van der Waals surface area (Å²) in [6.07, 6.45) is 0. The molecule has 0 aliphatic rings. The molecule has 0 fully saturated rings. The average Bonchev–Trinajstić information content (AvgIpc) is 2.71. The number of guanidine groups is 1. The summed E-state index contributed by atoms with van der Waals surface area (Å²) in [7, 11) is 4.68. The lowest BCUT2D eigenvalue weighted by Crippen LogP contribution is -2.37. The highest BCUT2D eigenvalue weighted by atomic mass is 127. The summed E-state index contributed by atoms with van der Waals surface area (Å²) < 4.78 is 43.2. The summed E-state index contributed by atoms with van der Waals surface area (Å²) in [5.41, 5.74) is 0.949. The number of methoxy groups -OCH3 is 3. The highest BCUT2D eigenvalue weighted by Gasteiger charge is 2.14. The van der Waals surface area contributed by atoms with Crippen molar-refractivity contribution < 1.29 is 23.0 Å². The Kier molecular flexibility index (Phi) is 10.5. The van der Waals surface area contributed by atoms with E-state index in [1.165, 1.54) is 0 Å². The summed E-state index contributed by atoms with van der Waals surface area (Å²) in [6, 6.07) is 6.82. The van der Waals surface area contributed by atoms with Crippen LogP contribution in [0.15, 0.2) is 35.3 Å². The first-order valence-corrected chi connectivity index (χ1v) is 8.77. The van der Waals surface area contributed by atoms with Crippen molar-refractivity contribution in [2.24, 2.45) is 4.99 Å². The van der Waals surface area contributed by atoms with Gasteiger partial charge in [0.1, 0.15) is 28.9 Å². The number of rotatable bonds is 8. The van der Waals surface area contributed by atoms with E-state index in [0.717, 1.165) is 23.8 Å². The number of hydrogen-bond donors (Lipinski definition) is 2. The second-order valence-electron chi connectivity index (χ2n) is 5.79. The molecule has 0 aromatic heterocycles. The van der Waals surface area contributed by atoms with Gasteiger partial charge in [-0.3, -0.25) is 0 Å². The number of halogens is 3. The van der Waals surface area contributed by atoms with Crippen LogP contribution in [0.4, 0.5) is 8.78 Å². The molecule has 0 spiro atoms. The van der Waals surface area contributed by atoms with Crippen LogP contribution in [0.3, 0.4) is 0 Å². The molecular formula is C20H26F2IN3O3. The third-order valence-electron chi connectivity index (χ3n) is 4.01. The van der Waals surface area contributed by atoms with Crippen molar-refractivity contribution in [3.05, 3.63) is 53.1 Å². The van der Waals surface area contributed by atoms with Gasteiger partial charge in [0.15, 0.2) is 5.96 Å². The molecule has 9 heteroatoms. The molecule has 2 N–H and O–H groups in total. The summed E-state index contributed by atoms with van der Waals surface area (Å²) in [6.45, 7) is 2.85. The van der Waals surface area contributed by atoms with Crippen molar-refractivity contribution in [3.63, 3.8) is 0 Å². The van der Waals surface area contributed by atoms with Crippen LogP contribution in [0, 0.1) is 11.6 Å². The van der Waals surface area contributed by atoms with Crippen LogP contribution in [-0.4, -0.2) is 33.8 Å². The highest BCUT2D eigenvalue weighted by molar-refractivity contribution is 14.0. The first-order valence-electron chi connectivity index (χ1n) is 8.77. The zero-order valence-corrected chi connectivity index (χ0v) is 19.2. The van der Waals surface area contributed by atoms with Gasteiger partial charge in [-0.2, -0.15) is 0 Å². The van der Waals surface area contributed by atoms with Crippen LogP contribution in [0.1, 0.15) is 18.1 Å². The predicted octanol–water partition coefficient (Wildman–Crippen LogP) is 3.86. The Labute approximate surface area is 186 Å². The van der Waals surface area contributed by atoms with Crippen molar-refractivity contribution in [3.8, 4) is 17.2 Å². The molecule has 0 unspecified atom stereocenters. The standard InChI is InChI=1S/C20H25F2N3O3.HI/c1-5-23-20(24-11-13-8-14(21)6-7-17(13)22)25-12-16-18(27-3)9-15(26-2)10-19(16)28-4;/h6-10H,5,11-12H2,1-4H3,(H2,23,24,25);1H. The third-order valence-corrected chi connectivity index (χ3v) is 4.01. The fourth-order valence-electron chi connectivity index (χ4n) is 2.59. The molecule has 0 aliphatic heterocycles. The molecule has 2 aromatic carbocycles. The Morgan fingerprint density at radius 1 is 0.966 bits per heavy atom. The van der Waals surface area contributed by atoms with Crippen LogP contribution < -0.4 is 24.8 Å². The SMILES string of the molecule is CCNC(=NCc1cc(F)ccc1F)NCc1c(OC)cc(OC)cc1OC.I. The zero-order chi connectivity index (χ0) is 20.5. The van der Waals surface area contributed by atoms with Gasteiger partial charge in [-0.1, -0.05) is 0 Å². The van der Waals surface area contributed by atoms with E-state index in [1.54, 1.807) is 33.5 Å². The van der Waals surface area contributed by atoms with Gasteiger partial charge < -0.3 is 24.8 Å². The molecule has 160 valence electrons. The van der Waals surface area contributed by atoms with Crippen LogP contribution in [0.5, 0.6) is 17.2 Å². The molecule has 0 bridgehead atoms. The molecule has 2 aromatic rings. The molecule has 29 heavy (non-hydrogen) atoms. The lowest BCUT2D eigenvalue weighted by atomic mass is 10.1. The van der Waals surface area contributed by atoms with Gasteiger partial charge in [0.2, 0.25) is 0 Å². The van der Waals surface area contributed by atoms with E-state index in [9.17, 15) is 8.78 Å². The number of benzene rings is 2. The minimum Gasteiger partial charge on any atom is -0.496 e. The Bertz CT molecular complexity index is 810. The van der Waals surface area contributed by atoms with E-state index < -0.39 is 11.6 Å². The van der Waals surface area contributed by atoms with E-state index in [0.29, 0.717) is 36.3 Å². The second kappa shape index (κ2) is 12.3. The molecule has 2 rings (SSSR count). The summed E-state index contributed by atoms with van der Waals surface area (Å²) in [5, 5.41) is 6.22. The van der Waals surface area contributed by atoms with E-state index >= 15 is 0 Å². The van der Waals surface area contributed by atoms with Crippen molar-refractivity contribution >= 4 is 29.9 Å². The maximum Gasteiger partial charge on any atom is 0.191 e. The Hall–Kier alpha value is -2.30. The van der Waals surface area contributed by atoms with E-state index in [1.807, 2.05) is 6.92 Å². The van der Waals surface area contributed by atoms with Crippen molar-refractivity contribution in [2.75, 3.05) is 27.9 Å². The van der Waals surface area contributed by atoms with Crippen molar-refractivity contribution in [1.82, 2.24) is 10.6 Å². The number of nitrogens with zero attached hydrogens (tertiary/aromatic N) is 1. The zero-order valence-electron chi connectivity index (χ0n) is 16.8. The predicted molar refractivity (Wildman–Crippen MR) is 120 cm³/mol. The molecule has 0 radical (unpaired) electrons. The van der Waals surface area contributed by atoms with Gasteiger partial charge in [-0.25, -0.2) is 13.8 Å². The average molecular weight is 521 g/mol. The summed E-state index contributed by atoms with van der Waals surface area (Å²) in [4.78, 5) is 4.33. The quantitative estimate of drug-likeness (QED) is 0.314. The molecule has 0 atom stereocenters. The van der Waals surface area contributed by atoms with Gasteiger partial charge in [-0.15, -0.1) is 24.0 Å². The fourth-order valence-corrected chi connectivity index (χ4v) is 2.59. The lowest BCUT2D eigenvalue weighted by Gasteiger charge is -2.17. The van der Waals surface area contributed by atoms with Crippen LogP contribution in [0.25, 0.3) is 0 Å². The fraction of sp³-hybridized carbons (Fsp3) is 0.350. The molecule has 0 aliphatic carbocycles. The van der Waals surface area contributed by atoms with E-state index in [-0.39, 0.29) is 36.1 Å². The highest BCUT2D eigenvalue weighted by Crippen LogP contribution is 2.33. The topological polar surface area (TPSA) is 64.1 Å². The van der Waals surface area contributed by atoms with Gasteiger partial charge >= 0.3 is 0 Å². The molecule has 0 saturated carbocycles. The normalized spacial score (nSPS) is 10.8. The smallest absolute Gasteiger partial charge is 0.191 e. The Morgan fingerprint density at radius 3 is 2.17 bits per heavy atom. The van der Waals surface area contributed by atoms with Gasteiger partial charge in [0, 0.05) is 24.2 Å².